The van der Waals surface area contributed by atoms with E-state index < -0.39 is 0 Å². The highest BCUT2D eigenvalue weighted by molar-refractivity contribution is 6.20. The Kier molecular flexibility index (Phi) is 4.43. The monoisotopic (exact) mass is 211 g/mol. The Morgan fingerprint density at radius 3 is 2.43 bits per heavy atom. The fourth-order valence-corrected chi connectivity index (χ4v) is 1.59. The molecule has 0 amide bonds. The molecule has 2 heteroatoms. The largest absolute Gasteiger partial charge is 0.297 e. The van der Waals surface area contributed by atoms with Crippen molar-refractivity contribution < 1.29 is 0 Å². The van der Waals surface area contributed by atoms with Gasteiger partial charge in [-0.05, 0) is 24.0 Å². The smallest absolute Gasteiger partial charge is 0.0799 e. The summed E-state index contributed by atoms with van der Waals surface area (Å²) in [5, 5.41) is 3.22. The van der Waals surface area contributed by atoms with Gasteiger partial charge in [-0.25, -0.2) is 0 Å². The van der Waals surface area contributed by atoms with E-state index in [0.29, 0.717) is 5.92 Å². The zero-order valence-electron chi connectivity index (χ0n) is 9.05. The molecule has 14 heavy (non-hydrogen) atoms. The number of hydrogen-bond donors (Lipinski definition) is 1. The van der Waals surface area contributed by atoms with Crippen LogP contribution in [0.3, 0.4) is 0 Å². The molecule has 0 bridgehead atoms. The number of hydrogen-bond acceptors (Lipinski definition) is 1. The van der Waals surface area contributed by atoms with E-state index in [1.54, 1.807) is 0 Å². The van der Waals surface area contributed by atoms with Gasteiger partial charge in [-0.1, -0.05) is 38.1 Å². The van der Waals surface area contributed by atoms with Crippen LogP contribution < -0.4 is 5.32 Å². The average Bonchev–Trinajstić information content (AvgIpc) is 2.15. The third-order valence-electron chi connectivity index (χ3n) is 2.25. The summed E-state index contributed by atoms with van der Waals surface area (Å²) >= 11 is 5.85. The van der Waals surface area contributed by atoms with Gasteiger partial charge in [-0.15, -0.1) is 11.6 Å². The van der Waals surface area contributed by atoms with Crippen molar-refractivity contribution >= 4 is 11.6 Å². The third-order valence-corrected chi connectivity index (χ3v) is 2.41. The quantitative estimate of drug-likeness (QED) is 0.594. The maximum absolute atomic E-state index is 5.85. The summed E-state index contributed by atoms with van der Waals surface area (Å²) in [5.41, 5.74) is 2.77. The molecular formula is C12H18ClN. The molecule has 0 aliphatic carbocycles. The zero-order valence-corrected chi connectivity index (χ0v) is 9.81. The molecule has 0 spiro atoms. The van der Waals surface area contributed by atoms with Gasteiger partial charge in [0.05, 0.1) is 5.50 Å². The van der Waals surface area contributed by atoms with Crippen molar-refractivity contribution in [2.24, 2.45) is 0 Å². The zero-order chi connectivity index (χ0) is 10.6. The molecular weight excluding hydrogens is 194 g/mol. The molecule has 0 aliphatic heterocycles. The highest BCUT2D eigenvalue weighted by atomic mass is 35.5. The number of rotatable bonds is 4. The molecule has 0 aromatic heterocycles. The summed E-state index contributed by atoms with van der Waals surface area (Å²) in [6, 6.07) is 8.49. The van der Waals surface area contributed by atoms with E-state index >= 15 is 0 Å². The molecule has 0 saturated heterocycles. The Balaban J connectivity index is 2.74. The minimum atomic E-state index is 0.0234. The molecule has 1 nitrogen and oxygen atoms in total. The van der Waals surface area contributed by atoms with Gasteiger partial charge in [0, 0.05) is 6.54 Å². The average molecular weight is 212 g/mol. The lowest BCUT2D eigenvalue weighted by atomic mass is 9.97. The van der Waals surface area contributed by atoms with E-state index in [1.807, 2.05) is 6.92 Å². The van der Waals surface area contributed by atoms with Crippen molar-refractivity contribution in [3.63, 3.8) is 0 Å². The van der Waals surface area contributed by atoms with Crippen LogP contribution in [0.15, 0.2) is 24.3 Å². The van der Waals surface area contributed by atoms with E-state index in [4.69, 9.17) is 11.6 Å². The molecule has 1 aromatic rings. The Bertz CT molecular complexity index is 281. The second kappa shape index (κ2) is 5.38. The Morgan fingerprint density at radius 2 is 1.86 bits per heavy atom. The summed E-state index contributed by atoms with van der Waals surface area (Å²) in [6.45, 7) is 7.21. The Morgan fingerprint density at radius 1 is 1.21 bits per heavy atom. The number of alkyl halides is 1. The fourth-order valence-electron chi connectivity index (χ4n) is 1.51. The maximum Gasteiger partial charge on any atom is 0.0799 e. The van der Waals surface area contributed by atoms with Gasteiger partial charge in [0.25, 0.3) is 0 Å². The number of nitrogens with one attached hydrogen (secondary N) is 1. The second-order valence-corrected chi connectivity index (χ2v) is 4.51. The molecule has 0 heterocycles. The van der Waals surface area contributed by atoms with Gasteiger partial charge in [0.15, 0.2) is 0 Å². The number of halogens is 1. The normalized spacial score (nSPS) is 13.2. The van der Waals surface area contributed by atoms with Crippen LogP contribution in [0.4, 0.5) is 0 Å². The summed E-state index contributed by atoms with van der Waals surface area (Å²) < 4.78 is 0. The van der Waals surface area contributed by atoms with Crippen LogP contribution in [-0.2, 0) is 6.54 Å². The topological polar surface area (TPSA) is 12.0 Å². The summed E-state index contributed by atoms with van der Waals surface area (Å²) in [5.74, 6) is 0.568. The van der Waals surface area contributed by atoms with Gasteiger partial charge < -0.3 is 0 Å². The lowest BCUT2D eigenvalue weighted by Gasteiger charge is -2.13. The molecule has 1 atom stereocenters. The standard InChI is InChI=1S/C12H18ClN/c1-9(2)12-7-5-4-6-11(12)8-14-10(3)13/h4-7,9-10,14H,8H2,1-3H3. The van der Waals surface area contributed by atoms with Crippen LogP contribution in [0, 0.1) is 0 Å². The molecule has 1 unspecified atom stereocenters. The predicted octanol–water partition coefficient (Wildman–Crippen LogP) is 3.48. The van der Waals surface area contributed by atoms with Crippen molar-refractivity contribution in [1.82, 2.24) is 5.32 Å². The van der Waals surface area contributed by atoms with E-state index in [1.165, 1.54) is 11.1 Å². The molecule has 1 N–H and O–H groups in total. The first kappa shape index (κ1) is 11.5. The first-order valence-corrected chi connectivity index (χ1v) is 5.50. The van der Waals surface area contributed by atoms with Gasteiger partial charge in [-0.3, -0.25) is 5.32 Å². The molecule has 78 valence electrons. The fraction of sp³-hybridized carbons (Fsp3) is 0.500. The summed E-state index contributed by atoms with van der Waals surface area (Å²) in [4.78, 5) is 0. The predicted molar refractivity (Wildman–Crippen MR) is 62.7 cm³/mol. The van der Waals surface area contributed by atoms with Gasteiger partial charge >= 0.3 is 0 Å². The van der Waals surface area contributed by atoms with Crippen molar-refractivity contribution in [2.75, 3.05) is 0 Å². The molecule has 1 rings (SSSR count). The lowest BCUT2D eigenvalue weighted by molar-refractivity contribution is 0.669. The van der Waals surface area contributed by atoms with Crippen LogP contribution in [0.1, 0.15) is 37.8 Å². The third kappa shape index (κ3) is 3.32. The SMILES string of the molecule is CC(Cl)NCc1ccccc1C(C)C. The minimum absolute atomic E-state index is 0.0234. The van der Waals surface area contributed by atoms with E-state index in [-0.39, 0.29) is 5.50 Å². The van der Waals surface area contributed by atoms with Crippen molar-refractivity contribution in [3.05, 3.63) is 35.4 Å². The van der Waals surface area contributed by atoms with Crippen molar-refractivity contribution in [2.45, 2.75) is 38.7 Å². The highest BCUT2D eigenvalue weighted by Gasteiger charge is 2.05. The minimum Gasteiger partial charge on any atom is -0.297 e. The second-order valence-electron chi connectivity index (χ2n) is 3.85. The van der Waals surface area contributed by atoms with Crippen LogP contribution in [0.5, 0.6) is 0 Å². The molecule has 0 radical (unpaired) electrons. The molecule has 1 aromatic carbocycles. The maximum atomic E-state index is 5.85. The van der Waals surface area contributed by atoms with Crippen molar-refractivity contribution in [1.29, 1.82) is 0 Å². The van der Waals surface area contributed by atoms with E-state index in [2.05, 4.69) is 43.4 Å². The molecule has 0 saturated carbocycles. The van der Waals surface area contributed by atoms with Crippen molar-refractivity contribution in [3.8, 4) is 0 Å². The van der Waals surface area contributed by atoms with Crippen LogP contribution >= 0.6 is 11.6 Å². The van der Waals surface area contributed by atoms with E-state index in [9.17, 15) is 0 Å². The first-order chi connectivity index (χ1) is 6.61. The van der Waals surface area contributed by atoms with Gasteiger partial charge in [-0.2, -0.15) is 0 Å². The van der Waals surface area contributed by atoms with Crippen LogP contribution in [0.25, 0.3) is 0 Å². The molecule has 0 aliphatic rings. The Hall–Kier alpha value is -0.530. The highest BCUT2D eigenvalue weighted by Crippen LogP contribution is 2.18. The number of benzene rings is 1. The van der Waals surface area contributed by atoms with Gasteiger partial charge in [0.2, 0.25) is 0 Å². The van der Waals surface area contributed by atoms with Gasteiger partial charge in [0.1, 0.15) is 0 Å². The van der Waals surface area contributed by atoms with E-state index in [0.717, 1.165) is 6.54 Å². The summed E-state index contributed by atoms with van der Waals surface area (Å²) in [6.07, 6.45) is 0. The van der Waals surface area contributed by atoms with Crippen LogP contribution in [-0.4, -0.2) is 5.50 Å². The Labute approximate surface area is 91.5 Å². The molecule has 0 fully saturated rings. The van der Waals surface area contributed by atoms with Crippen LogP contribution in [0.2, 0.25) is 0 Å². The lowest BCUT2D eigenvalue weighted by Crippen LogP contribution is -2.20. The summed E-state index contributed by atoms with van der Waals surface area (Å²) in [7, 11) is 0. The first-order valence-electron chi connectivity index (χ1n) is 5.06.